The molecule has 2 rings (SSSR count). The summed E-state index contributed by atoms with van der Waals surface area (Å²) < 4.78 is 4.52. The lowest BCUT2D eigenvalue weighted by Crippen LogP contribution is -2.11. The second-order valence-electron chi connectivity index (χ2n) is 4.48. The van der Waals surface area contributed by atoms with Gasteiger partial charge in [-0.3, -0.25) is 4.79 Å². The summed E-state index contributed by atoms with van der Waals surface area (Å²) in [6.07, 6.45) is 2.91. The summed E-state index contributed by atoms with van der Waals surface area (Å²) in [5.74, 6) is -0.626. The van der Waals surface area contributed by atoms with E-state index in [0.717, 1.165) is 5.56 Å². The van der Waals surface area contributed by atoms with Gasteiger partial charge in [-0.1, -0.05) is 12.1 Å². The van der Waals surface area contributed by atoms with Crippen molar-refractivity contribution >= 4 is 23.6 Å². The van der Waals surface area contributed by atoms with Gasteiger partial charge in [0, 0.05) is 17.3 Å². The summed E-state index contributed by atoms with van der Waals surface area (Å²) >= 11 is 0. The summed E-state index contributed by atoms with van der Waals surface area (Å²) in [7, 11) is 1.31. The molecule has 22 heavy (non-hydrogen) atoms. The van der Waals surface area contributed by atoms with Crippen molar-refractivity contribution in [3.05, 3.63) is 65.7 Å². The van der Waals surface area contributed by atoms with Crippen LogP contribution in [0.2, 0.25) is 0 Å². The zero-order valence-electron chi connectivity index (χ0n) is 11.9. The van der Waals surface area contributed by atoms with Crippen LogP contribution >= 0.6 is 0 Å². The fourth-order valence-electron chi connectivity index (χ4n) is 1.77. The third kappa shape index (κ3) is 4.21. The number of hydrogen-bond acceptors (Lipinski definition) is 4. The van der Waals surface area contributed by atoms with Gasteiger partial charge in [-0.2, -0.15) is 0 Å². The number of amides is 1. The van der Waals surface area contributed by atoms with E-state index in [1.165, 1.54) is 37.5 Å². The molecule has 0 heterocycles. The van der Waals surface area contributed by atoms with Crippen LogP contribution in [0.25, 0.3) is 6.08 Å². The third-order valence-electron chi connectivity index (χ3n) is 2.89. The molecule has 0 saturated heterocycles. The number of benzene rings is 2. The molecular formula is C17H15NO4. The highest BCUT2D eigenvalue weighted by molar-refractivity contribution is 6.04. The number of nitrogens with one attached hydrogen (secondary N) is 1. The number of carbonyl (C=O) groups excluding carboxylic acids is 2. The fraction of sp³-hybridized carbons (Fsp3) is 0.0588. The maximum absolute atomic E-state index is 12.1. The van der Waals surface area contributed by atoms with E-state index in [0.29, 0.717) is 11.3 Å². The lowest BCUT2D eigenvalue weighted by atomic mass is 10.1. The number of methoxy groups -OCH3 is 1. The zero-order chi connectivity index (χ0) is 15.9. The molecule has 0 aliphatic carbocycles. The van der Waals surface area contributed by atoms with Crippen molar-refractivity contribution in [3.8, 4) is 5.75 Å². The van der Waals surface area contributed by atoms with Gasteiger partial charge in [0.05, 0.1) is 7.11 Å². The molecule has 0 fully saturated rings. The molecule has 0 aromatic heterocycles. The first-order valence-electron chi connectivity index (χ1n) is 6.55. The Morgan fingerprint density at radius 3 is 2.55 bits per heavy atom. The first-order chi connectivity index (χ1) is 10.6. The Morgan fingerprint density at radius 1 is 1.14 bits per heavy atom. The number of phenols is 1. The van der Waals surface area contributed by atoms with E-state index >= 15 is 0 Å². The first-order valence-corrected chi connectivity index (χ1v) is 6.55. The SMILES string of the molecule is COC(=O)/C=C/c1cccc(NC(=O)c2ccc(O)cc2)c1. The molecule has 0 bridgehead atoms. The predicted molar refractivity (Wildman–Crippen MR) is 83.6 cm³/mol. The molecule has 5 heteroatoms. The third-order valence-corrected chi connectivity index (χ3v) is 2.89. The van der Waals surface area contributed by atoms with Crippen molar-refractivity contribution in [2.24, 2.45) is 0 Å². The van der Waals surface area contributed by atoms with Crippen molar-refractivity contribution in [1.29, 1.82) is 0 Å². The lowest BCUT2D eigenvalue weighted by Gasteiger charge is -2.06. The lowest BCUT2D eigenvalue weighted by molar-refractivity contribution is -0.134. The number of carbonyl (C=O) groups is 2. The second kappa shape index (κ2) is 7.08. The van der Waals surface area contributed by atoms with Crippen LogP contribution in [-0.4, -0.2) is 24.1 Å². The molecule has 2 N–H and O–H groups in total. The van der Waals surface area contributed by atoms with E-state index in [1.807, 2.05) is 0 Å². The maximum Gasteiger partial charge on any atom is 0.330 e. The van der Waals surface area contributed by atoms with Crippen LogP contribution in [-0.2, 0) is 9.53 Å². The van der Waals surface area contributed by atoms with Gasteiger partial charge in [-0.15, -0.1) is 0 Å². The van der Waals surface area contributed by atoms with E-state index in [1.54, 1.807) is 30.3 Å². The molecule has 0 atom stereocenters. The van der Waals surface area contributed by atoms with Gasteiger partial charge in [0.2, 0.25) is 0 Å². The number of rotatable bonds is 4. The Morgan fingerprint density at radius 2 is 1.86 bits per heavy atom. The van der Waals surface area contributed by atoms with E-state index < -0.39 is 5.97 Å². The normalized spacial score (nSPS) is 10.4. The fourth-order valence-corrected chi connectivity index (χ4v) is 1.77. The molecular weight excluding hydrogens is 282 g/mol. The summed E-state index contributed by atoms with van der Waals surface area (Å²) in [5, 5.41) is 12.0. The molecule has 0 spiro atoms. The molecule has 5 nitrogen and oxygen atoms in total. The van der Waals surface area contributed by atoms with Crippen LogP contribution in [0.3, 0.4) is 0 Å². The minimum Gasteiger partial charge on any atom is -0.508 e. The number of phenolic OH excluding ortho intramolecular Hbond substituents is 1. The Bertz CT molecular complexity index is 705. The van der Waals surface area contributed by atoms with Gasteiger partial charge in [0.15, 0.2) is 0 Å². The number of ether oxygens (including phenoxy) is 1. The van der Waals surface area contributed by atoms with Crippen molar-refractivity contribution < 1.29 is 19.4 Å². The van der Waals surface area contributed by atoms with Crippen LogP contribution in [0, 0.1) is 0 Å². The summed E-state index contributed by atoms with van der Waals surface area (Å²) in [6, 6.07) is 13.0. The molecule has 0 aliphatic heterocycles. The topological polar surface area (TPSA) is 75.6 Å². The van der Waals surface area contributed by atoms with E-state index in [9.17, 15) is 14.7 Å². The van der Waals surface area contributed by atoms with E-state index in [4.69, 9.17) is 0 Å². The van der Waals surface area contributed by atoms with E-state index in [-0.39, 0.29) is 11.7 Å². The standard InChI is InChI=1S/C17H15NO4/c1-22-16(20)10-5-12-3-2-4-14(11-12)18-17(21)13-6-8-15(19)9-7-13/h2-11,19H,1H3,(H,18,21)/b10-5+. The smallest absolute Gasteiger partial charge is 0.330 e. The van der Waals surface area contributed by atoms with Crippen LogP contribution in [0.1, 0.15) is 15.9 Å². The zero-order valence-corrected chi connectivity index (χ0v) is 11.9. The highest BCUT2D eigenvalue weighted by Crippen LogP contribution is 2.15. The van der Waals surface area contributed by atoms with Gasteiger partial charge in [0.25, 0.3) is 5.91 Å². The highest BCUT2D eigenvalue weighted by Gasteiger charge is 2.06. The molecule has 112 valence electrons. The average Bonchev–Trinajstić information content (AvgIpc) is 2.53. The Kier molecular flexibility index (Phi) is 4.93. The van der Waals surface area contributed by atoms with Gasteiger partial charge >= 0.3 is 5.97 Å². The van der Waals surface area contributed by atoms with Gasteiger partial charge in [-0.05, 0) is 48.0 Å². The summed E-state index contributed by atoms with van der Waals surface area (Å²) in [5.41, 5.74) is 1.80. The minimum atomic E-state index is -0.446. The number of anilines is 1. The minimum absolute atomic E-state index is 0.103. The summed E-state index contributed by atoms with van der Waals surface area (Å²) in [6.45, 7) is 0. The molecule has 0 unspecified atom stereocenters. The van der Waals surface area contributed by atoms with Gasteiger partial charge in [0.1, 0.15) is 5.75 Å². The quantitative estimate of drug-likeness (QED) is 0.672. The maximum atomic E-state index is 12.1. The van der Waals surface area contributed by atoms with Crippen LogP contribution < -0.4 is 5.32 Å². The van der Waals surface area contributed by atoms with Crippen molar-refractivity contribution in [3.63, 3.8) is 0 Å². The number of aromatic hydroxyl groups is 1. The van der Waals surface area contributed by atoms with Crippen LogP contribution in [0.15, 0.2) is 54.6 Å². The molecule has 0 saturated carbocycles. The van der Waals surface area contributed by atoms with Gasteiger partial charge in [-0.25, -0.2) is 4.79 Å². The second-order valence-corrected chi connectivity index (χ2v) is 4.48. The molecule has 2 aromatic carbocycles. The number of hydrogen-bond donors (Lipinski definition) is 2. The van der Waals surface area contributed by atoms with Crippen molar-refractivity contribution in [2.45, 2.75) is 0 Å². The van der Waals surface area contributed by atoms with Crippen molar-refractivity contribution in [2.75, 3.05) is 12.4 Å². The molecule has 0 aliphatic rings. The molecule has 2 aromatic rings. The Balaban J connectivity index is 2.10. The van der Waals surface area contributed by atoms with Crippen LogP contribution in [0.4, 0.5) is 5.69 Å². The van der Waals surface area contributed by atoms with Crippen LogP contribution in [0.5, 0.6) is 5.75 Å². The predicted octanol–water partition coefficient (Wildman–Crippen LogP) is 2.83. The summed E-state index contributed by atoms with van der Waals surface area (Å²) in [4.78, 5) is 23.1. The Hall–Kier alpha value is -3.08. The largest absolute Gasteiger partial charge is 0.508 e. The molecule has 0 radical (unpaired) electrons. The monoisotopic (exact) mass is 297 g/mol. The van der Waals surface area contributed by atoms with Crippen molar-refractivity contribution in [1.82, 2.24) is 0 Å². The van der Waals surface area contributed by atoms with Gasteiger partial charge < -0.3 is 15.2 Å². The first kappa shape index (κ1) is 15.3. The Labute approximate surface area is 127 Å². The number of esters is 1. The van der Waals surface area contributed by atoms with E-state index in [2.05, 4.69) is 10.1 Å². The average molecular weight is 297 g/mol. The molecule has 1 amide bonds. The highest BCUT2D eigenvalue weighted by atomic mass is 16.5.